The summed E-state index contributed by atoms with van der Waals surface area (Å²) in [6, 6.07) is 10.1. The Bertz CT molecular complexity index is 827. The average Bonchev–Trinajstić information content (AvgIpc) is 2.86. The van der Waals surface area contributed by atoms with Crippen LogP contribution in [0, 0.1) is 0 Å². The first-order valence-corrected chi connectivity index (χ1v) is 6.10. The van der Waals surface area contributed by atoms with Crippen LogP contribution >= 0.6 is 0 Å². The number of carboxylic acid groups (broad SMARTS) is 1. The molecule has 7 nitrogen and oxygen atoms in total. The molecule has 0 saturated carbocycles. The maximum atomic E-state index is 12.1. The molecule has 0 saturated heterocycles. The molecule has 21 heavy (non-hydrogen) atoms. The summed E-state index contributed by atoms with van der Waals surface area (Å²) in [6.45, 7) is 0. The Morgan fingerprint density at radius 1 is 1.14 bits per heavy atom. The number of carboxylic acids is 1. The highest BCUT2D eigenvalue weighted by Crippen LogP contribution is 2.19. The van der Waals surface area contributed by atoms with Gasteiger partial charge in [0.15, 0.2) is 11.5 Å². The minimum atomic E-state index is -1.20. The van der Waals surface area contributed by atoms with E-state index in [1.807, 2.05) is 0 Å². The normalized spacial score (nSPS) is 10.5. The molecule has 2 N–H and O–H groups in total. The van der Waals surface area contributed by atoms with Gasteiger partial charge >= 0.3 is 5.97 Å². The first-order chi connectivity index (χ1) is 10.2. The molecule has 0 aliphatic carbocycles. The summed E-state index contributed by atoms with van der Waals surface area (Å²) >= 11 is 0. The van der Waals surface area contributed by atoms with Crippen LogP contribution < -0.4 is 5.32 Å². The van der Waals surface area contributed by atoms with Gasteiger partial charge in [0, 0.05) is 18.0 Å². The minimum absolute atomic E-state index is 0.0324. The minimum Gasteiger partial charge on any atom is -0.477 e. The van der Waals surface area contributed by atoms with Crippen molar-refractivity contribution in [1.82, 2.24) is 14.6 Å². The number of fused-ring (bicyclic) bond motifs is 1. The standard InChI is InChI=1S/C14H10N4O3/c19-13(9-5-2-1-3-6-9)16-11-10(14(20)21)12-15-7-4-8-18(12)17-11/h1-8H,(H,20,21)(H,16,17,19). The highest BCUT2D eigenvalue weighted by molar-refractivity contribution is 6.09. The number of nitrogens with one attached hydrogen (secondary N) is 1. The number of aromatic nitrogens is 3. The van der Waals surface area contributed by atoms with Gasteiger partial charge in [0.1, 0.15) is 5.56 Å². The Balaban J connectivity index is 2.03. The van der Waals surface area contributed by atoms with Crippen LogP contribution in [0.5, 0.6) is 0 Å². The SMILES string of the molecule is O=C(Nc1nn2cccnc2c1C(=O)O)c1ccccc1. The van der Waals surface area contributed by atoms with Gasteiger partial charge in [0.2, 0.25) is 0 Å². The number of carbonyl (C=O) groups excluding carboxylic acids is 1. The van der Waals surface area contributed by atoms with E-state index in [4.69, 9.17) is 0 Å². The molecule has 0 fully saturated rings. The van der Waals surface area contributed by atoms with E-state index >= 15 is 0 Å². The molecule has 0 atom stereocenters. The highest BCUT2D eigenvalue weighted by Gasteiger charge is 2.22. The maximum absolute atomic E-state index is 12.1. The molecule has 1 amide bonds. The molecule has 2 heterocycles. The molecule has 7 heteroatoms. The van der Waals surface area contributed by atoms with Crippen LogP contribution in [-0.2, 0) is 0 Å². The molecule has 3 rings (SSSR count). The van der Waals surface area contributed by atoms with E-state index in [0.717, 1.165) is 0 Å². The molecule has 104 valence electrons. The van der Waals surface area contributed by atoms with Gasteiger partial charge in [-0.25, -0.2) is 14.3 Å². The van der Waals surface area contributed by atoms with Crippen LogP contribution in [0.3, 0.4) is 0 Å². The Labute approximate surface area is 118 Å². The lowest BCUT2D eigenvalue weighted by Gasteiger charge is -2.02. The predicted molar refractivity (Wildman–Crippen MR) is 74.3 cm³/mol. The van der Waals surface area contributed by atoms with Gasteiger partial charge in [-0.05, 0) is 18.2 Å². The molecule has 3 aromatic rings. The summed E-state index contributed by atoms with van der Waals surface area (Å²) in [5.74, 6) is -1.66. The Hall–Kier alpha value is -3.22. The molecule has 0 bridgehead atoms. The predicted octanol–water partition coefficient (Wildman–Crippen LogP) is 1.68. The second kappa shape index (κ2) is 5.04. The van der Waals surface area contributed by atoms with Gasteiger partial charge in [0.05, 0.1) is 0 Å². The molecule has 0 radical (unpaired) electrons. The zero-order chi connectivity index (χ0) is 14.8. The Morgan fingerprint density at radius 3 is 2.62 bits per heavy atom. The summed E-state index contributed by atoms with van der Waals surface area (Å²) in [5, 5.41) is 15.8. The van der Waals surface area contributed by atoms with E-state index in [9.17, 15) is 14.7 Å². The van der Waals surface area contributed by atoms with Crippen LogP contribution in [0.25, 0.3) is 5.65 Å². The van der Waals surface area contributed by atoms with Crippen molar-refractivity contribution in [2.75, 3.05) is 5.32 Å². The van der Waals surface area contributed by atoms with Crippen molar-refractivity contribution < 1.29 is 14.7 Å². The van der Waals surface area contributed by atoms with Crippen molar-refractivity contribution in [2.45, 2.75) is 0 Å². The van der Waals surface area contributed by atoms with Gasteiger partial charge in [0.25, 0.3) is 5.91 Å². The summed E-state index contributed by atoms with van der Waals surface area (Å²) in [4.78, 5) is 27.4. The summed E-state index contributed by atoms with van der Waals surface area (Å²) in [6.07, 6.45) is 3.03. The summed E-state index contributed by atoms with van der Waals surface area (Å²) in [7, 11) is 0. The van der Waals surface area contributed by atoms with Crippen LogP contribution in [0.2, 0.25) is 0 Å². The second-order valence-electron chi connectivity index (χ2n) is 4.24. The lowest BCUT2D eigenvalue weighted by Crippen LogP contribution is -2.14. The smallest absolute Gasteiger partial charge is 0.343 e. The number of hydrogen-bond acceptors (Lipinski definition) is 4. The van der Waals surface area contributed by atoms with Crippen molar-refractivity contribution in [3.63, 3.8) is 0 Å². The van der Waals surface area contributed by atoms with Gasteiger partial charge in [-0.15, -0.1) is 5.10 Å². The van der Waals surface area contributed by atoms with E-state index in [2.05, 4.69) is 15.4 Å². The van der Waals surface area contributed by atoms with E-state index < -0.39 is 11.9 Å². The number of amides is 1. The molecular weight excluding hydrogens is 272 g/mol. The molecular formula is C14H10N4O3. The molecule has 1 aromatic carbocycles. The molecule has 2 aromatic heterocycles. The number of nitrogens with zero attached hydrogens (tertiary/aromatic N) is 3. The fourth-order valence-corrected chi connectivity index (χ4v) is 1.94. The molecule has 0 spiro atoms. The highest BCUT2D eigenvalue weighted by atomic mass is 16.4. The monoisotopic (exact) mass is 282 g/mol. The number of hydrogen-bond donors (Lipinski definition) is 2. The zero-order valence-electron chi connectivity index (χ0n) is 10.7. The molecule has 0 unspecified atom stereocenters. The average molecular weight is 282 g/mol. The number of benzene rings is 1. The van der Waals surface area contributed by atoms with Crippen molar-refractivity contribution in [2.24, 2.45) is 0 Å². The topological polar surface area (TPSA) is 96.6 Å². The van der Waals surface area contributed by atoms with E-state index in [1.165, 1.54) is 10.7 Å². The summed E-state index contributed by atoms with van der Waals surface area (Å²) in [5.41, 5.74) is 0.451. The fourth-order valence-electron chi connectivity index (χ4n) is 1.94. The van der Waals surface area contributed by atoms with Crippen LogP contribution in [0.4, 0.5) is 5.82 Å². The van der Waals surface area contributed by atoms with Crippen molar-refractivity contribution >= 4 is 23.3 Å². The van der Waals surface area contributed by atoms with Crippen LogP contribution in [-0.4, -0.2) is 31.6 Å². The van der Waals surface area contributed by atoms with E-state index in [1.54, 1.807) is 42.6 Å². The van der Waals surface area contributed by atoms with E-state index in [0.29, 0.717) is 5.56 Å². The first-order valence-electron chi connectivity index (χ1n) is 6.10. The van der Waals surface area contributed by atoms with Crippen molar-refractivity contribution in [3.05, 3.63) is 59.9 Å². The quantitative estimate of drug-likeness (QED) is 0.761. The second-order valence-corrected chi connectivity index (χ2v) is 4.24. The number of rotatable bonds is 3. The van der Waals surface area contributed by atoms with Crippen LogP contribution in [0.1, 0.15) is 20.7 Å². The Kier molecular flexibility index (Phi) is 3.07. The number of carbonyl (C=O) groups is 2. The van der Waals surface area contributed by atoms with Gasteiger partial charge in [-0.1, -0.05) is 18.2 Å². The van der Waals surface area contributed by atoms with E-state index in [-0.39, 0.29) is 17.0 Å². The van der Waals surface area contributed by atoms with Gasteiger partial charge in [-0.2, -0.15) is 0 Å². The first kappa shape index (κ1) is 12.8. The Morgan fingerprint density at radius 2 is 1.90 bits per heavy atom. The fraction of sp³-hybridized carbons (Fsp3) is 0. The van der Waals surface area contributed by atoms with Gasteiger partial charge in [-0.3, -0.25) is 4.79 Å². The van der Waals surface area contributed by atoms with Gasteiger partial charge < -0.3 is 10.4 Å². The number of anilines is 1. The zero-order valence-corrected chi connectivity index (χ0v) is 10.7. The number of aromatic carboxylic acids is 1. The maximum Gasteiger partial charge on any atom is 0.343 e. The van der Waals surface area contributed by atoms with Crippen molar-refractivity contribution in [3.8, 4) is 0 Å². The van der Waals surface area contributed by atoms with Crippen LogP contribution in [0.15, 0.2) is 48.8 Å². The molecule has 0 aliphatic rings. The largest absolute Gasteiger partial charge is 0.477 e. The third-order valence-corrected chi connectivity index (χ3v) is 2.88. The lowest BCUT2D eigenvalue weighted by molar-refractivity contribution is 0.0700. The summed E-state index contributed by atoms with van der Waals surface area (Å²) < 4.78 is 1.31. The molecule has 0 aliphatic heterocycles. The third kappa shape index (κ3) is 2.32. The van der Waals surface area contributed by atoms with Crippen molar-refractivity contribution in [1.29, 1.82) is 0 Å². The third-order valence-electron chi connectivity index (χ3n) is 2.88. The lowest BCUT2D eigenvalue weighted by atomic mass is 10.2.